The SMILES string of the molecule is CC(C)(C)C(C(=O)O)c1ccccc1. The van der Waals surface area contributed by atoms with Gasteiger partial charge in [0.1, 0.15) is 0 Å². The molecule has 0 radical (unpaired) electrons. The first-order valence-electron chi connectivity index (χ1n) is 4.70. The van der Waals surface area contributed by atoms with Crippen LogP contribution in [0.4, 0.5) is 0 Å². The van der Waals surface area contributed by atoms with Gasteiger partial charge in [-0.25, -0.2) is 0 Å². The molecule has 0 aliphatic heterocycles. The molecule has 0 aliphatic carbocycles. The Morgan fingerprint density at radius 1 is 1.21 bits per heavy atom. The van der Waals surface area contributed by atoms with E-state index in [0.717, 1.165) is 5.56 Å². The van der Waals surface area contributed by atoms with E-state index in [1.54, 1.807) is 0 Å². The van der Waals surface area contributed by atoms with E-state index in [2.05, 4.69) is 0 Å². The molecule has 0 saturated carbocycles. The summed E-state index contributed by atoms with van der Waals surface area (Å²) in [6.45, 7) is 5.83. The Hall–Kier alpha value is -1.31. The van der Waals surface area contributed by atoms with Gasteiger partial charge in [0, 0.05) is 0 Å². The number of hydrogen-bond acceptors (Lipinski definition) is 1. The number of rotatable bonds is 2. The first-order chi connectivity index (χ1) is 6.43. The highest BCUT2D eigenvalue weighted by molar-refractivity contribution is 5.77. The van der Waals surface area contributed by atoms with E-state index in [-0.39, 0.29) is 5.41 Å². The fourth-order valence-electron chi connectivity index (χ4n) is 1.66. The second-order valence-corrected chi connectivity index (χ2v) is 4.55. The van der Waals surface area contributed by atoms with Gasteiger partial charge in [-0.3, -0.25) is 4.79 Å². The molecule has 0 spiro atoms. The molecule has 2 nitrogen and oxygen atoms in total. The highest BCUT2D eigenvalue weighted by atomic mass is 16.4. The van der Waals surface area contributed by atoms with Gasteiger partial charge in [-0.15, -0.1) is 0 Å². The number of carboxylic acid groups (broad SMARTS) is 1. The highest BCUT2D eigenvalue weighted by Gasteiger charge is 2.32. The number of aliphatic carboxylic acids is 1. The molecule has 1 aromatic carbocycles. The summed E-state index contributed by atoms with van der Waals surface area (Å²) in [7, 11) is 0. The van der Waals surface area contributed by atoms with Crippen molar-refractivity contribution >= 4 is 5.97 Å². The summed E-state index contributed by atoms with van der Waals surface area (Å²) in [6, 6.07) is 9.37. The molecule has 0 aromatic heterocycles. The van der Waals surface area contributed by atoms with Crippen molar-refractivity contribution in [3.05, 3.63) is 35.9 Å². The highest BCUT2D eigenvalue weighted by Crippen LogP contribution is 2.34. The van der Waals surface area contributed by atoms with E-state index in [1.165, 1.54) is 0 Å². The molecular formula is C12H16O2. The molecule has 1 aromatic rings. The van der Waals surface area contributed by atoms with Gasteiger partial charge in [0.25, 0.3) is 0 Å². The third kappa shape index (κ3) is 2.34. The van der Waals surface area contributed by atoms with Crippen LogP contribution in [-0.4, -0.2) is 11.1 Å². The van der Waals surface area contributed by atoms with Crippen molar-refractivity contribution in [1.82, 2.24) is 0 Å². The minimum absolute atomic E-state index is 0.257. The fourth-order valence-corrected chi connectivity index (χ4v) is 1.66. The molecule has 1 rings (SSSR count). The third-order valence-electron chi connectivity index (χ3n) is 2.25. The van der Waals surface area contributed by atoms with Crippen molar-refractivity contribution in [3.8, 4) is 0 Å². The minimum atomic E-state index is -0.760. The Bertz CT molecular complexity index is 309. The maximum atomic E-state index is 11.1. The zero-order valence-corrected chi connectivity index (χ0v) is 8.82. The lowest BCUT2D eigenvalue weighted by Gasteiger charge is -2.27. The Morgan fingerprint density at radius 2 is 1.71 bits per heavy atom. The van der Waals surface area contributed by atoms with Gasteiger partial charge in [0.2, 0.25) is 0 Å². The van der Waals surface area contributed by atoms with Gasteiger partial charge in [-0.05, 0) is 11.0 Å². The van der Waals surface area contributed by atoms with Crippen molar-refractivity contribution < 1.29 is 9.90 Å². The van der Waals surface area contributed by atoms with Crippen LogP contribution >= 0.6 is 0 Å². The zero-order chi connectivity index (χ0) is 10.8. The fraction of sp³-hybridized carbons (Fsp3) is 0.417. The molecule has 0 saturated heterocycles. The van der Waals surface area contributed by atoms with E-state index in [4.69, 9.17) is 5.11 Å². The maximum Gasteiger partial charge on any atom is 0.311 e. The van der Waals surface area contributed by atoms with Crippen molar-refractivity contribution in [2.75, 3.05) is 0 Å². The van der Waals surface area contributed by atoms with Crippen molar-refractivity contribution in [2.45, 2.75) is 26.7 Å². The third-order valence-corrected chi connectivity index (χ3v) is 2.25. The lowest BCUT2D eigenvalue weighted by atomic mass is 9.76. The summed E-state index contributed by atoms with van der Waals surface area (Å²) >= 11 is 0. The molecule has 0 fully saturated rings. The summed E-state index contributed by atoms with van der Waals surface area (Å²) < 4.78 is 0. The average molecular weight is 192 g/mol. The van der Waals surface area contributed by atoms with Crippen LogP contribution in [0.25, 0.3) is 0 Å². The summed E-state index contributed by atoms with van der Waals surface area (Å²) in [5.74, 6) is -1.20. The topological polar surface area (TPSA) is 37.3 Å². The van der Waals surface area contributed by atoms with Gasteiger partial charge in [0.15, 0.2) is 0 Å². The molecule has 0 heterocycles. The molecule has 0 aliphatic rings. The summed E-state index contributed by atoms with van der Waals surface area (Å²) in [6.07, 6.45) is 0. The molecule has 14 heavy (non-hydrogen) atoms. The second kappa shape index (κ2) is 3.82. The standard InChI is InChI=1S/C12H16O2/c1-12(2,3)10(11(13)14)9-7-5-4-6-8-9/h4-8,10H,1-3H3,(H,13,14). The molecule has 0 amide bonds. The van der Waals surface area contributed by atoms with Gasteiger partial charge in [-0.1, -0.05) is 51.1 Å². The van der Waals surface area contributed by atoms with Crippen LogP contribution in [0.2, 0.25) is 0 Å². The molecular weight excluding hydrogens is 176 g/mol. The Balaban J connectivity index is 3.08. The predicted octanol–water partition coefficient (Wildman–Crippen LogP) is 2.90. The lowest BCUT2D eigenvalue weighted by molar-refractivity contribution is -0.141. The van der Waals surface area contributed by atoms with Crippen molar-refractivity contribution in [3.63, 3.8) is 0 Å². The summed E-state index contributed by atoms with van der Waals surface area (Å²) in [4.78, 5) is 11.1. The van der Waals surface area contributed by atoms with Crippen LogP contribution in [0.3, 0.4) is 0 Å². The largest absolute Gasteiger partial charge is 0.481 e. The molecule has 1 unspecified atom stereocenters. The van der Waals surface area contributed by atoms with Crippen LogP contribution in [0, 0.1) is 5.41 Å². The van der Waals surface area contributed by atoms with Gasteiger partial charge < -0.3 is 5.11 Å². The van der Waals surface area contributed by atoms with E-state index < -0.39 is 11.9 Å². The maximum absolute atomic E-state index is 11.1. The summed E-state index contributed by atoms with van der Waals surface area (Å²) in [5.41, 5.74) is 0.611. The quantitative estimate of drug-likeness (QED) is 0.782. The molecule has 0 bridgehead atoms. The van der Waals surface area contributed by atoms with Crippen molar-refractivity contribution in [2.24, 2.45) is 5.41 Å². The minimum Gasteiger partial charge on any atom is -0.481 e. The summed E-state index contributed by atoms with van der Waals surface area (Å²) in [5, 5.41) is 9.16. The second-order valence-electron chi connectivity index (χ2n) is 4.55. The molecule has 76 valence electrons. The van der Waals surface area contributed by atoms with Gasteiger partial charge >= 0.3 is 5.97 Å². The molecule has 2 heteroatoms. The van der Waals surface area contributed by atoms with E-state index >= 15 is 0 Å². The van der Waals surface area contributed by atoms with Gasteiger partial charge in [-0.2, -0.15) is 0 Å². The Morgan fingerprint density at radius 3 is 2.07 bits per heavy atom. The first kappa shape index (κ1) is 10.8. The predicted molar refractivity (Wildman–Crippen MR) is 56.3 cm³/mol. The lowest BCUT2D eigenvalue weighted by Crippen LogP contribution is -2.26. The first-order valence-corrected chi connectivity index (χ1v) is 4.70. The number of hydrogen-bond donors (Lipinski definition) is 1. The van der Waals surface area contributed by atoms with E-state index in [9.17, 15) is 4.79 Å². The smallest absolute Gasteiger partial charge is 0.311 e. The molecule has 1 N–H and O–H groups in total. The Labute approximate surface area is 84.6 Å². The monoisotopic (exact) mass is 192 g/mol. The van der Waals surface area contributed by atoms with Crippen LogP contribution < -0.4 is 0 Å². The zero-order valence-electron chi connectivity index (χ0n) is 8.82. The number of carboxylic acids is 1. The van der Waals surface area contributed by atoms with E-state index in [1.807, 2.05) is 51.1 Å². The van der Waals surface area contributed by atoms with Gasteiger partial charge in [0.05, 0.1) is 5.92 Å². The van der Waals surface area contributed by atoms with Crippen LogP contribution in [-0.2, 0) is 4.79 Å². The average Bonchev–Trinajstić information content (AvgIpc) is 2.02. The van der Waals surface area contributed by atoms with Crippen LogP contribution in [0.5, 0.6) is 0 Å². The van der Waals surface area contributed by atoms with Crippen LogP contribution in [0.15, 0.2) is 30.3 Å². The molecule has 1 atom stereocenters. The van der Waals surface area contributed by atoms with E-state index in [0.29, 0.717) is 0 Å². The number of carbonyl (C=O) groups is 1. The van der Waals surface area contributed by atoms with Crippen LogP contribution in [0.1, 0.15) is 32.3 Å². The normalized spacial score (nSPS) is 13.6. The van der Waals surface area contributed by atoms with Crippen molar-refractivity contribution in [1.29, 1.82) is 0 Å². The number of benzene rings is 1. The Kier molecular flexibility index (Phi) is 2.94.